The van der Waals surface area contributed by atoms with Crippen molar-refractivity contribution in [3.05, 3.63) is 30.2 Å². The predicted octanol–water partition coefficient (Wildman–Crippen LogP) is 3.00. The Morgan fingerprint density at radius 2 is 2.14 bits per heavy atom. The highest BCUT2D eigenvalue weighted by molar-refractivity contribution is 5.73. The van der Waals surface area contributed by atoms with Crippen LogP contribution in [0.25, 0.3) is 11.3 Å². The van der Waals surface area contributed by atoms with E-state index in [-0.39, 0.29) is 0 Å². The van der Waals surface area contributed by atoms with Gasteiger partial charge in [-0.05, 0) is 45.7 Å². The second kappa shape index (κ2) is 4.95. The molecule has 6 nitrogen and oxygen atoms in total. The van der Waals surface area contributed by atoms with Gasteiger partial charge in [-0.25, -0.2) is 4.79 Å². The fourth-order valence-corrected chi connectivity index (χ4v) is 2.09. The summed E-state index contributed by atoms with van der Waals surface area (Å²) < 4.78 is 6.62. The lowest BCUT2D eigenvalue weighted by atomic mass is 10.1. The van der Waals surface area contributed by atoms with E-state index in [1.165, 1.54) is 4.68 Å². The maximum absolute atomic E-state index is 12.1. The highest BCUT2D eigenvalue weighted by Crippen LogP contribution is 2.43. The summed E-state index contributed by atoms with van der Waals surface area (Å²) in [4.78, 5) is 12.1. The quantitative estimate of drug-likeness (QED) is 0.848. The van der Waals surface area contributed by atoms with E-state index in [0.717, 1.165) is 29.8 Å². The molecule has 1 fully saturated rings. The van der Waals surface area contributed by atoms with E-state index < -0.39 is 11.7 Å². The Labute approximate surface area is 123 Å². The van der Waals surface area contributed by atoms with Crippen LogP contribution >= 0.6 is 0 Å². The molecule has 1 aliphatic rings. The first-order valence-corrected chi connectivity index (χ1v) is 7.05. The van der Waals surface area contributed by atoms with E-state index >= 15 is 0 Å². The van der Waals surface area contributed by atoms with Crippen LogP contribution < -0.4 is 0 Å². The number of ether oxygens (including phenoxy) is 1. The molecule has 0 saturated heterocycles. The summed E-state index contributed by atoms with van der Waals surface area (Å²) in [6, 6.07) is 3.69. The molecule has 0 unspecified atom stereocenters. The largest absolute Gasteiger partial charge is 0.442 e. The number of aromatic nitrogens is 4. The van der Waals surface area contributed by atoms with Crippen LogP contribution in [0.4, 0.5) is 4.79 Å². The Morgan fingerprint density at radius 3 is 2.71 bits per heavy atom. The molecule has 3 rings (SSSR count). The van der Waals surface area contributed by atoms with E-state index in [4.69, 9.17) is 4.74 Å². The van der Waals surface area contributed by atoms with Crippen molar-refractivity contribution in [3.8, 4) is 11.3 Å². The number of carbonyl (C=O) groups is 1. The number of hydrogen-bond acceptors (Lipinski definition) is 5. The first kappa shape index (κ1) is 13.7. The van der Waals surface area contributed by atoms with Crippen molar-refractivity contribution in [1.82, 2.24) is 20.0 Å². The van der Waals surface area contributed by atoms with E-state index in [1.807, 2.05) is 32.9 Å². The third-order valence-corrected chi connectivity index (χ3v) is 3.14. The molecule has 0 radical (unpaired) electrons. The third kappa shape index (κ3) is 3.09. The molecular weight excluding hydrogens is 268 g/mol. The zero-order chi connectivity index (χ0) is 15.0. The Balaban J connectivity index is 1.96. The molecule has 0 aliphatic heterocycles. The van der Waals surface area contributed by atoms with Gasteiger partial charge in [0.15, 0.2) is 0 Å². The monoisotopic (exact) mass is 286 g/mol. The number of rotatable bonds is 2. The summed E-state index contributed by atoms with van der Waals surface area (Å²) in [6.07, 6.45) is 5.03. The first-order chi connectivity index (χ1) is 9.94. The SMILES string of the molecule is CC(C)(C)OC(=O)n1cc(-c2cccnn2)c(C2CC2)n1. The number of hydrogen-bond donors (Lipinski definition) is 0. The molecule has 1 aliphatic carbocycles. The number of nitrogens with zero attached hydrogens (tertiary/aromatic N) is 4. The van der Waals surface area contributed by atoms with Crippen molar-refractivity contribution >= 4 is 6.09 Å². The summed E-state index contributed by atoms with van der Waals surface area (Å²) in [7, 11) is 0. The highest BCUT2D eigenvalue weighted by atomic mass is 16.6. The molecule has 0 bridgehead atoms. The minimum Gasteiger partial charge on any atom is -0.442 e. The lowest BCUT2D eigenvalue weighted by molar-refractivity contribution is 0.0514. The molecule has 6 heteroatoms. The van der Waals surface area contributed by atoms with Crippen LogP contribution in [0.3, 0.4) is 0 Å². The van der Waals surface area contributed by atoms with Gasteiger partial charge in [-0.3, -0.25) is 0 Å². The van der Waals surface area contributed by atoms with Gasteiger partial charge in [0.2, 0.25) is 0 Å². The molecule has 2 aromatic heterocycles. The molecule has 0 spiro atoms. The topological polar surface area (TPSA) is 69.9 Å². The fraction of sp³-hybridized carbons (Fsp3) is 0.467. The summed E-state index contributed by atoms with van der Waals surface area (Å²) in [5.41, 5.74) is 1.95. The molecule has 1 saturated carbocycles. The van der Waals surface area contributed by atoms with Crippen molar-refractivity contribution in [2.45, 2.75) is 45.1 Å². The van der Waals surface area contributed by atoms with Crippen LogP contribution in [0.2, 0.25) is 0 Å². The summed E-state index contributed by atoms with van der Waals surface area (Å²) in [5, 5.41) is 12.4. The zero-order valence-corrected chi connectivity index (χ0v) is 12.4. The second-order valence-corrected chi connectivity index (χ2v) is 6.24. The lowest BCUT2D eigenvalue weighted by Crippen LogP contribution is -2.27. The second-order valence-electron chi connectivity index (χ2n) is 6.24. The summed E-state index contributed by atoms with van der Waals surface area (Å²) in [5.74, 6) is 0.408. The van der Waals surface area contributed by atoms with Crippen molar-refractivity contribution in [2.24, 2.45) is 0 Å². The fourth-order valence-electron chi connectivity index (χ4n) is 2.09. The van der Waals surface area contributed by atoms with Gasteiger partial charge >= 0.3 is 6.09 Å². The maximum Gasteiger partial charge on any atom is 0.435 e. The predicted molar refractivity (Wildman–Crippen MR) is 76.9 cm³/mol. The van der Waals surface area contributed by atoms with Gasteiger partial charge in [0.25, 0.3) is 0 Å². The Hall–Kier alpha value is -2.24. The van der Waals surface area contributed by atoms with Crippen molar-refractivity contribution in [2.75, 3.05) is 0 Å². The molecular formula is C15H18N4O2. The minimum atomic E-state index is -0.546. The third-order valence-electron chi connectivity index (χ3n) is 3.14. The van der Waals surface area contributed by atoms with E-state index in [2.05, 4.69) is 15.3 Å². The van der Waals surface area contributed by atoms with Crippen LogP contribution in [0.5, 0.6) is 0 Å². The van der Waals surface area contributed by atoms with Gasteiger partial charge in [0.05, 0.1) is 11.4 Å². The van der Waals surface area contributed by atoms with Crippen molar-refractivity contribution in [3.63, 3.8) is 0 Å². The molecule has 0 atom stereocenters. The molecule has 21 heavy (non-hydrogen) atoms. The normalized spacial score (nSPS) is 15.0. The van der Waals surface area contributed by atoms with Crippen molar-refractivity contribution < 1.29 is 9.53 Å². The zero-order valence-electron chi connectivity index (χ0n) is 12.4. The molecule has 0 aromatic carbocycles. The number of carbonyl (C=O) groups excluding carboxylic acids is 1. The molecule has 0 N–H and O–H groups in total. The Morgan fingerprint density at radius 1 is 1.38 bits per heavy atom. The average molecular weight is 286 g/mol. The van der Waals surface area contributed by atoms with Crippen LogP contribution in [0, 0.1) is 0 Å². The van der Waals surface area contributed by atoms with Gasteiger partial charge in [-0.1, -0.05) is 0 Å². The van der Waals surface area contributed by atoms with E-state index in [0.29, 0.717) is 5.92 Å². The van der Waals surface area contributed by atoms with Gasteiger partial charge in [-0.2, -0.15) is 20.0 Å². The lowest BCUT2D eigenvalue weighted by Gasteiger charge is -2.18. The maximum atomic E-state index is 12.1. The van der Waals surface area contributed by atoms with Crippen LogP contribution in [0.15, 0.2) is 24.5 Å². The molecule has 110 valence electrons. The van der Waals surface area contributed by atoms with Gasteiger partial charge in [-0.15, -0.1) is 0 Å². The van der Waals surface area contributed by atoms with Gasteiger partial charge in [0, 0.05) is 23.9 Å². The van der Waals surface area contributed by atoms with Gasteiger partial charge < -0.3 is 4.74 Å². The van der Waals surface area contributed by atoms with Crippen LogP contribution in [-0.4, -0.2) is 31.7 Å². The van der Waals surface area contributed by atoms with E-state index in [9.17, 15) is 4.79 Å². The van der Waals surface area contributed by atoms with Crippen LogP contribution in [-0.2, 0) is 4.74 Å². The molecule has 2 heterocycles. The highest BCUT2D eigenvalue weighted by Gasteiger charge is 2.31. The van der Waals surface area contributed by atoms with Gasteiger partial charge in [0.1, 0.15) is 5.60 Å². The average Bonchev–Trinajstić information content (AvgIpc) is 3.16. The molecule has 0 amide bonds. The van der Waals surface area contributed by atoms with Crippen molar-refractivity contribution in [1.29, 1.82) is 0 Å². The van der Waals surface area contributed by atoms with Crippen LogP contribution in [0.1, 0.15) is 45.2 Å². The summed E-state index contributed by atoms with van der Waals surface area (Å²) >= 11 is 0. The molecule has 2 aromatic rings. The first-order valence-electron chi connectivity index (χ1n) is 7.05. The minimum absolute atomic E-state index is 0.408. The van der Waals surface area contributed by atoms with E-state index in [1.54, 1.807) is 12.4 Å². The summed E-state index contributed by atoms with van der Waals surface area (Å²) in [6.45, 7) is 5.50. The Bertz CT molecular complexity index is 654. The Kier molecular flexibility index (Phi) is 3.23. The standard InChI is InChI=1S/C15H18N4O2/c1-15(2,3)21-14(20)19-9-11(12-5-4-8-16-17-12)13(18-19)10-6-7-10/h4-5,8-10H,6-7H2,1-3H3. The smallest absolute Gasteiger partial charge is 0.435 e.